The van der Waals surface area contributed by atoms with Gasteiger partial charge in [-0.05, 0) is 43.7 Å². The lowest BCUT2D eigenvalue weighted by atomic mass is 9.90. The molecule has 0 saturated carbocycles. The summed E-state index contributed by atoms with van der Waals surface area (Å²) in [5.74, 6) is -0.197. The van der Waals surface area contributed by atoms with E-state index in [0.717, 1.165) is 56.3 Å². The zero-order valence-corrected chi connectivity index (χ0v) is 14.1. The van der Waals surface area contributed by atoms with Crippen molar-refractivity contribution in [3.05, 3.63) is 29.3 Å². The average molecular weight is 308 g/mol. The van der Waals surface area contributed by atoms with Gasteiger partial charge in [0, 0.05) is 19.3 Å². The minimum absolute atomic E-state index is 0.0295. The summed E-state index contributed by atoms with van der Waals surface area (Å²) in [6, 6.07) is 0. The van der Waals surface area contributed by atoms with Gasteiger partial charge in [0.25, 0.3) is 0 Å². The number of aryl methyl sites for hydroxylation is 1. The summed E-state index contributed by atoms with van der Waals surface area (Å²) in [6.07, 6.45) is 9.21. The van der Waals surface area contributed by atoms with Crippen LogP contribution in [0, 0.1) is 12.7 Å². The van der Waals surface area contributed by atoms with E-state index in [0.29, 0.717) is 6.42 Å². The topological polar surface area (TPSA) is 34.2 Å². The van der Waals surface area contributed by atoms with Crippen molar-refractivity contribution in [3.8, 4) is 0 Å². The van der Waals surface area contributed by atoms with Crippen LogP contribution in [0.15, 0.2) is 12.4 Å². The lowest BCUT2D eigenvalue weighted by Gasteiger charge is -2.42. The molecule has 0 unspecified atom stereocenters. The lowest BCUT2D eigenvalue weighted by molar-refractivity contribution is -0.127. The van der Waals surface area contributed by atoms with Gasteiger partial charge in [-0.3, -0.25) is 4.98 Å². The van der Waals surface area contributed by atoms with Crippen LogP contribution in [0.3, 0.4) is 0 Å². The summed E-state index contributed by atoms with van der Waals surface area (Å²) in [4.78, 5) is 3.89. The quantitative estimate of drug-likeness (QED) is 0.832. The molecule has 1 atom stereocenters. The molecule has 0 spiro atoms. The van der Waals surface area contributed by atoms with Crippen LogP contribution in [0.2, 0.25) is 0 Å². The normalized spacial score (nSPS) is 21.0. The lowest BCUT2D eigenvalue weighted by Crippen LogP contribution is -2.53. The van der Waals surface area contributed by atoms with E-state index in [9.17, 15) is 4.39 Å². The summed E-state index contributed by atoms with van der Waals surface area (Å²) in [5, 5.41) is 3.53. The highest BCUT2D eigenvalue weighted by molar-refractivity contribution is 5.23. The third-order valence-corrected chi connectivity index (χ3v) is 4.58. The molecular formula is C18H29FN2O. The zero-order chi connectivity index (χ0) is 16.0. The van der Waals surface area contributed by atoms with Gasteiger partial charge >= 0.3 is 0 Å². The van der Waals surface area contributed by atoms with E-state index in [4.69, 9.17) is 4.74 Å². The number of hydrogen-bond donors (Lipinski definition) is 1. The molecule has 0 radical (unpaired) electrons. The highest BCUT2D eigenvalue weighted by Gasteiger charge is 2.35. The molecule has 1 fully saturated rings. The Bertz CT molecular complexity index is 446. The molecule has 0 bridgehead atoms. The van der Waals surface area contributed by atoms with E-state index in [-0.39, 0.29) is 17.5 Å². The molecule has 1 saturated heterocycles. The van der Waals surface area contributed by atoms with E-state index < -0.39 is 0 Å². The second kappa shape index (κ2) is 8.02. The third-order valence-electron chi connectivity index (χ3n) is 4.58. The number of nitrogens with zero attached hydrogens (tertiary/aromatic N) is 1. The number of halogens is 1. The maximum absolute atomic E-state index is 13.9. The average Bonchev–Trinajstić information content (AvgIpc) is 2.47. The molecule has 0 aliphatic carbocycles. The number of rotatable bonds is 7. The van der Waals surface area contributed by atoms with Crippen molar-refractivity contribution < 1.29 is 9.13 Å². The molecule has 0 aromatic carbocycles. The largest absolute Gasteiger partial charge is 0.369 e. The molecule has 4 heteroatoms. The van der Waals surface area contributed by atoms with Crippen molar-refractivity contribution in [1.29, 1.82) is 0 Å². The van der Waals surface area contributed by atoms with Crippen molar-refractivity contribution in [2.24, 2.45) is 0 Å². The van der Waals surface area contributed by atoms with Crippen LogP contribution in [-0.2, 0) is 11.2 Å². The molecule has 1 N–H and O–H groups in total. The Morgan fingerprint density at radius 2 is 2.05 bits per heavy atom. The van der Waals surface area contributed by atoms with Crippen molar-refractivity contribution in [3.63, 3.8) is 0 Å². The molecule has 2 rings (SSSR count). The van der Waals surface area contributed by atoms with E-state index >= 15 is 0 Å². The van der Waals surface area contributed by atoms with Crippen LogP contribution < -0.4 is 5.32 Å². The summed E-state index contributed by atoms with van der Waals surface area (Å²) >= 11 is 0. The molecule has 3 nitrogen and oxygen atoms in total. The Labute approximate surface area is 133 Å². The third kappa shape index (κ3) is 4.26. The number of hydrogen-bond acceptors (Lipinski definition) is 3. The SMILES string of the molecule is CCCC1(CCC)CNC[C@@H](CCc2c(C)cncc2F)O1. The molecule has 124 valence electrons. The Morgan fingerprint density at radius 1 is 1.32 bits per heavy atom. The Morgan fingerprint density at radius 3 is 2.68 bits per heavy atom. The standard InChI is InChI=1S/C18H29FN2O/c1-4-8-18(9-5-2)13-21-11-15(22-18)6-7-16-14(3)10-20-12-17(16)19/h10,12,15,21H,4-9,11,13H2,1-3H3/t15-/m1/s1. The van der Waals surface area contributed by atoms with Gasteiger partial charge in [0.2, 0.25) is 0 Å². The smallest absolute Gasteiger partial charge is 0.144 e. The molecule has 1 aliphatic rings. The number of nitrogens with one attached hydrogen (secondary N) is 1. The van der Waals surface area contributed by atoms with Gasteiger partial charge in [0.05, 0.1) is 17.9 Å². The van der Waals surface area contributed by atoms with Crippen LogP contribution in [0.4, 0.5) is 4.39 Å². The second-order valence-corrected chi connectivity index (χ2v) is 6.51. The number of ether oxygens (including phenoxy) is 1. The molecule has 0 amide bonds. The van der Waals surface area contributed by atoms with Crippen LogP contribution in [0.25, 0.3) is 0 Å². The van der Waals surface area contributed by atoms with Gasteiger partial charge in [0.15, 0.2) is 0 Å². The zero-order valence-electron chi connectivity index (χ0n) is 14.1. The minimum Gasteiger partial charge on any atom is -0.369 e. The highest BCUT2D eigenvalue weighted by atomic mass is 19.1. The van der Waals surface area contributed by atoms with Crippen LogP contribution in [0.1, 0.15) is 57.1 Å². The first kappa shape index (κ1) is 17.4. The fourth-order valence-electron chi connectivity index (χ4n) is 3.57. The molecule has 1 aliphatic heterocycles. The van der Waals surface area contributed by atoms with Crippen molar-refractivity contribution in [1.82, 2.24) is 10.3 Å². The number of aromatic nitrogens is 1. The first-order valence-electron chi connectivity index (χ1n) is 8.57. The fraction of sp³-hybridized carbons (Fsp3) is 0.722. The van der Waals surface area contributed by atoms with Crippen molar-refractivity contribution in [2.45, 2.75) is 71.0 Å². The van der Waals surface area contributed by atoms with E-state index in [2.05, 4.69) is 24.1 Å². The Hall–Kier alpha value is -1.00. The fourth-order valence-corrected chi connectivity index (χ4v) is 3.57. The number of pyridine rings is 1. The van der Waals surface area contributed by atoms with E-state index in [1.165, 1.54) is 6.20 Å². The van der Waals surface area contributed by atoms with E-state index in [1.807, 2.05) is 6.92 Å². The predicted octanol–water partition coefficient (Wildman–Crippen LogP) is 3.79. The summed E-state index contributed by atoms with van der Waals surface area (Å²) in [7, 11) is 0. The Balaban J connectivity index is 1.98. The van der Waals surface area contributed by atoms with Gasteiger partial charge in [-0.1, -0.05) is 26.7 Å². The van der Waals surface area contributed by atoms with Gasteiger partial charge in [-0.15, -0.1) is 0 Å². The Kier molecular flexibility index (Phi) is 6.33. The van der Waals surface area contributed by atoms with Crippen LogP contribution in [0.5, 0.6) is 0 Å². The highest BCUT2D eigenvalue weighted by Crippen LogP contribution is 2.29. The predicted molar refractivity (Wildman–Crippen MR) is 87.5 cm³/mol. The second-order valence-electron chi connectivity index (χ2n) is 6.51. The molecular weight excluding hydrogens is 279 g/mol. The van der Waals surface area contributed by atoms with Crippen molar-refractivity contribution >= 4 is 0 Å². The number of morpholine rings is 1. The monoisotopic (exact) mass is 308 g/mol. The van der Waals surface area contributed by atoms with Gasteiger partial charge in [0.1, 0.15) is 5.82 Å². The van der Waals surface area contributed by atoms with Crippen LogP contribution >= 0.6 is 0 Å². The maximum Gasteiger partial charge on any atom is 0.144 e. The summed E-state index contributed by atoms with van der Waals surface area (Å²) in [6.45, 7) is 8.14. The first-order chi connectivity index (χ1) is 10.6. The summed E-state index contributed by atoms with van der Waals surface area (Å²) < 4.78 is 20.3. The molecule has 2 heterocycles. The molecule has 22 heavy (non-hydrogen) atoms. The van der Waals surface area contributed by atoms with Crippen LogP contribution in [-0.4, -0.2) is 29.8 Å². The van der Waals surface area contributed by atoms with Crippen molar-refractivity contribution in [2.75, 3.05) is 13.1 Å². The van der Waals surface area contributed by atoms with Gasteiger partial charge in [-0.2, -0.15) is 0 Å². The minimum atomic E-state index is -0.197. The summed E-state index contributed by atoms with van der Waals surface area (Å²) in [5.41, 5.74) is 1.68. The molecule has 1 aromatic rings. The van der Waals surface area contributed by atoms with E-state index in [1.54, 1.807) is 6.20 Å². The van der Waals surface area contributed by atoms with Gasteiger partial charge in [-0.25, -0.2) is 4.39 Å². The maximum atomic E-state index is 13.9. The van der Waals surface area contributed by atoms with Gasteiger partial charge < -0.3 is 10.1 Å². The molecule has 1 aromatic heterocycles. The first-order valence-corrected chi connectivity index (χ1v) is 8.57.